The highest BCUT2D eigenvalue weighted by Crippen LogP contribution is 2.16. The van der Waals surface area contributed by atoms with Gasteiger partial charge >= 0.3 is 0 Å². The second-order valence-corrected chi connectivity index (χ2v) is 6.18. The molecular weight excluding hydrogens is 383 g/mol. The molecule has 0 aliphatic carbocycles. The number of para-hydroxylation sites is 2. The van der Waals surface area contributed by atoms with Crippen molar-refractivity contribution in [3.8, 4) is 0 Å². The first-order valence-electron chi connectivity index (χ1n) is 8.62. The summed E-state index contributed by atoms with van der Waals surface area (Å²) in [4.78, 5) is 19.4. The van der Waals surface area contributed by atoms with E-state index >= 15 is 0 Å². The molecule has 0 bridgehead atoms. The van der Waals surface area contributed by atoms with Gasteiger partial charge in [0.05, 0.1) is 11.0 Å². The maximum absolute atomic E-state index is 13.0. The van der Waals surface area contributed by atoms with Crippen molar-refractivity contribution in [1.29, 1.82) is 0 Å². The molecule has 0 unspecified atom stereocenters. The molecule has 0 aliphatic heterocycles. The fraction of sp³-hybridized carbons (Fsp3) is 0.300. The highest BCUT2D eigenvalue weighted by atomic mass is 35.5. The normalized spacial score (nSPS) is 10.1. The third-order valence-corrected chi connectivity index (χ3v) is 4.34. The molecule has 2 aromatic carbocycles. The molecule has 0 saturated heterocycles. The van der Waals surface area contributed by atoms with Crippen LogP contribution in [-0.2, 0) is 17.9 Å². The van der Waals surface area contributed by atoms with E-state index in [4.69, 9.17) is 5.73 Å². The van der Waals surface area contributed by atoms with E-state index in [1.54, 1.807) is 0 Å². The fourth-order valence-corrected chi connectivity index (χ4v) is 3.01. The lowest BCUT2D eigenvalue weighted by Crippen LogP contribution is -2.35. The minimum atomic E-state index is 0. The lowest BCUT2D eigenvalue weighted by molar-refractivity contribution is -0.132. The van der Waals surface area contributed by atoms with Crippen LogP contribution < -0.4 is 5.73 Å². The van der Waals surface area contributed by atoms with Crippen LogP contribution >= 0.6 is 24.8 Å². The minimum absolute atomic E-state index is 0. The molecular formula is C20H26Cl2N4O. The highest BCUT2D eigenvalue weighted by Gasteiger charge is 2.17. The van der Waals surface area contributed by atoms with E-state index < -0.39 is 0 Å². The third-order valence-electron chi connectivity index (χ3n) is 4.34. The van der Waals surface area contributed by atoms with Gasteiger partial charge in [0.15, 0.2) is 0 Å². The van der Waals surface area contributed by atoms with Crippen molar-refractivity contribution >= 4 is 41.8 Å². The number of carbonyl (C=O) groups is 1. The predicted octanol–water partition coefficient (Wildman–Crippen LogP) is 3.57. The summed E-state index contributed by atoms with van der Waals surface area (Å²) in [5.41, 5.74) is 8.69. The molecule has 1 heterocycles. The minimum Gasteiger partial charge on any atom is -0.337 e. The molecule has 1 aromatic heterocycles. The second kappa shape index (κ2) is 10.9. The van der Waals surface area contributed by atoms with Crippen molar-refractivity contribution in [2.45, 2.75) is 26.4 Å². The Labute approximate surface area is 172 Å². The maximum Gasteiger partial charge on any atom is 0.242 e. The zero-order chi connectivity index (χ0) is 17.6. The Morgan fingerprint density at radius 2 is 1.74 bits per heavy atom. The Hall–Kier alpha value is -2.08. The van der Waals surface area contributed by atoms with Crippen molar-refractivity contribution < 1.29 is 4.79 Å². The number of carbonyl (C=O) groups excluding carboxylic acids is 1. The van der Waals surface area contributed by atoms with E-state index in [0.717, 1.165) is 28.8 Å². The van der Waals surface area contributed by atoms with Gasteiger partial charge < -0.3 is 15.2 Å². The molecule has 2 N–H and O–H groups in total. The van der Waals surface area contributed by atoms with Gasteiger partial charge in [0.2, 0.25) is 5.91 Å². The second-order valence-electron chi connectivity index (χ2n) is 6.18. The van der Waals surface area contributed by atoms with E-state index in [2.05, 4.69) is 4.98 Å². The molecule has 5 nitrogen and oxygen atoms in total. The Balaban J connectivity index is 0.00000182. The molecule has 0 radical (unpaired) electrons. The molecule has 0 spiro atoms. The predicted molar refractivity (Wildman–Crippen MR) is 114 cm³/mol. The highest BCUT2D eigenvalue weighted by molar-refractivity contribution is 5.85. The van der Waals surface area contributed by atoms with E-state index in [1.165, 1.54) is 0 Å². The molecule has 1 amide bonds. The molecule has 0 saturated carbocycles. The number of fused-ring (bicyclic) bond motifs is 1. The molecule has 7 heteroatoms. The molecule has 146 valence electrons. The van der Waals surface area contributed by atoms with Crippen molar-refractivity contribution in [2.75, 3.05) is 13.1 Å². The number of benzene rings is 2. The Morgan fingerprint density at radius 1 is 1.07 bits per heavy atom. The molecule has 0 atom stereocenters. The Kier molecular flexibility index (Phi) is 9.29. The lowest BCUT2D eigenvalue weighted by atomic mass is 10.2. The number of imidazole rings is 1. The Morgan fingerprint density at radius 3 is 2.44 bits per heavy atom. The first-order valence-corrected chi connectivity index (χ1v) is 8.62. The van der Waals surface area contributed by atoms with Gasteiger partial charge in [0, 0.05) is 13.1 Å². The van der Waals surface area contributed by atoms with E-state index in [-0.39, 0.29) is 30.7 Å². The molecule has 27 heavy (non-hydrogen) atoms. The summed E-state index contributed by atoms with van der Waals surface area (Å²) in [6, 6.07) is 18.0. The van der Waals surface area contributed by atoms with Crippen LogP contribution in [0.5, 0.6) is 0 Å². The van der Waals surface area contributed by atoms with Crippen LogP contribution in [0, 0.1) is 6.92 Å². The summed E-state index contributed by atoms with van der Waals surface area (Å²) in [6.07, 6.45) is 0.794. The topological polar surface area (TPSA) is 64.2 Å². The molecule has 3 aromatic rings. The van der Waals surface area contributed by atoms with Crippen LogP contribution in [0.1, 0.15) is 17.8 Å². The van der Waals surface area contributed by atoms with Gasteiger partial charge in [-0.05, 0) is 37.6 Å². The maximum atomic E-state index is 13.0. The average molecular weight is 409 g/mol. The number of hydrogen-bond acceptors (Lipinski definition) is 3. The summed E-state index contributed by atoms with van der Waals surface area (Å²) < 4.78 is 1.98. The number of nitrogens with two attached hydrogens (primary N) is 1. The number of halogens is 2. The van der Waals surface area contributed by atoms with E-state index in [1.807, 2.05) is 71.0 Å². The zero-order valence-electron chi connectivity index (χ0n) is 15.4. The van der Waals surface area contributed by atoms with Gasteiger partial charge in [-0.15, -0.1) is 24.8 Å². The van der Waals surface area contributed by atoms with Gasteiger partial charge in [-0.3, -0.25) is 4.79 Å². The van der Waals surface area contributed by atoms with Crippen molar-refractivity contribution in [3.05, 3.63) is 66.0 Å². The van der Waals surface area contributed by atoms with Gasteiger partial charge in [0.25, 0.3) is 0 Å². The van der Waals surface area contributed by atoms with E-state index in [0.29, 0.717) is 26.2 Å². The van der Waals surface area contributed by atoms with Crippen molar-refractivity contribution in [3.63, 3.8) is 0 Å². The van der Waals surface area contributed by atoms with Crippen LogP contribution in [-0.4, -0.2) is 33.4 Å². The van der Waals surface area contributed by atoms with Crippen LogP contribution in [0.4, 0.5) is 0 Å². The fourth-order valence-electron chi connectivity index (χ4n) is 3.01. The monoisotopic (exact) mass is 408 g/mol. The summed E-state index contributed by atoms with van der Waals surface area (Å²) in [6.45, 7) is 4.07. The average Bonchev–Trinajstić information content (AvgIpc) is 2.95. The number of hydrogen-bond donors (Lipinski definition) is 1. The largest absolute Gasteiger partial charge is 0.337 e. The van der Waals surface area contributed by atoms with Gasteiger partial charge in [-0.2, -0.15) is 0 Å². The van der Waals surface area contributed by atoms with Crippen LogP contribution in [0.2, 0.25) is 0 Å². The summed E-state index contributed by atoms with van der Waals surface area (Å²) >= 11 is 0. The number of nitrogens with zero attached hydrogens (tertiary/aromatic N) is 3. The lowest BCUT2D eigenvalue weighted by Gasteiger charge is -2.23. The number of aromatic nitrogens is 2. The summed E-state index contributed by atoms with van der Waals surface area (Å²) in [5.74, 6) is 0.941. The van der Waals surface area contributed by atoms with Crippen LogP contribution in [0.25, 0.3) is 11.0 Å². The third kappa shape index (κ3) is 5.70. The quantitative estimate of drug-likeness (QED) is 0.649. The standard InChI is InChI=1S/C20H24N4O.2ClH/c1-16-22-18-10-5-6-11-19(18)24(16)15-20(25)23(13-7-12-21)14-17-8-3-2-4-9-17;;/h2-6,8-11H,7,12-15,21H2,1H3;2*1H. The summed E-state index contributed by atoms with van der Waals surface area (Å²) in [5, 5.41) is 0. The van der Waals surface area contributed by atoms with E-state index in [9.17, 15) is 4.79 Å². The SMILES string of the molecule is Cc1nc2ccccc2n1CC(=O)N(CCCN)Cc1ccccc1.Cl.Cl. The number of amides is 1. The molecule has 3 rings (SSSR count). The van der Waals surface area contributed by atoms with Gasteiger partial charge in [-0.25, -0.2) is 4.98 Å². The summed E-state index contributed by atoms with van der Waals surface area (Å²) in [7, 11) is 0. The molecule has 0 fully saturated rings. The van der Waals surface area contributed by atoms with Gasteiger partial charge in [0.1, 0.15) is 12.4 Å². The zero-order valence-corrected chi connectivity index (χ0v) is 17.0. The van der Waals surface area contributed by atoms with Crippen molar-refractivity contribution in [1.82, 2.24) is 14.5 Å². The van der Waals surface area contributed by atoms with Gasteiger partial charge in [-0.1, -0.05) is 42.5 Å². The first kappa shape index (κ1) is 23.0. The first-order chi connectivity index (χ1) is 12.2. The number of rotatable bonds is 7. The smallest absolute Gasteiger partial charge is 0.242 e. The molecule has 0 aliphatic rings. The van der Waals surface area contributed by atoms with Crippen molar-refractivity contribution in [2.24, 2.45) is 5.73 Å². The van der Waals surface area contributed by atoms with Crippen LogP contribution in [0.3, 0.4) is 0 Å². The Bertz CT molecular complexity index is 852. The van der Waals surface area contributed by atoms with Crippen LogP contribution in [0.15, 0.2) is 54.6 Å². The number of aryl methyl sites for hydroxylation is 1.